The first kappa shape index (κ1) is 35.7. The van der Waals surface area contributed by atoms with Gasteiger partial charge in [0.25, 0.3) is 5.91 Å². The average molecular weight is 676 g/mol. The predicted octanol–water partition coefficient (Wildman–Crippen LogP) is 7.19. The van der Waals surface area contributed by atoms with Gasteiger partial charge < -0.3 is 26.0 Å². The molecule has 44 heavy (non-hydrogen) atoms. The lowest BCUT2D eigenvalue weighted by atomic mass is 9.87. The third kappa shape index (κ3) is 9.14. The van der Waals surface area contributed by atoms with Gasteiger partial charge >= 0.3 is 6.18 Å². The lowest BCUT2D eigenvalue weighted by Crippen LogP contribution is -2.59. The number of nitrogens with two attached hydrogens (primary N) is 2. The fraction of sp³-hybridized carbons (Fsp3) is 0.419. The van der Waals surface area contributed by atoms with Crippen LogP contribution in [0.15, 0.2) is 48.5 Å². The second-order valence-corrected chi connectivity index (χ2v) is 12.0. The van der Waals surface area contributed by atoms with E-state index in [2.05, 4.69) is 0 Å². The molecule has 4 rings (SSSR count). The van der Waals surface area contributed by atoms with Crippen LogP contribution in [0.25, 0.3) is 16.9 Å². The Morgan fingerprint density at radius 2 is 1.59 bits per heavy atom. The monoisotopic (exact) mass is 674 g/mol. The van der Waals surface area contributed by atoms with Gasteiger partial charge in [-0.2, -0.15) is 13.2 Å². The van der Waals surface area contributed by atoms with Crippen LogP contribution in [-0.4, -0.2) is 57.8 Å². The van der Waals surface area contributed by atoms with E-state index < -0.39 is 24.0 Å². The summed E-state index contributed by atoms with van der Waals surface area (Å²) in [6.07, 6.45) is -2.02. The van der Waals surface area contributed by atoms with Gasteiger partial charge in [0.15, 0.2) is 0 Å². The zero-order valence-electron chi connectivity index (χ0n) is 24.3. The summed E-state index contributed by atoms with van der Waals surface area (Å²) in [7, 11) is 0. The van der Waals surface area contributed by atoms with E-state index in [0.717, 1.165) is 22.6 Å². The summed E-state index contributed by atoms with van der Waals surface area (Å²) in [6.45, 7) is 2.20. The van der Waals surface area contributed by atoms with Crippen molar-refractivity contribution in [3.63, 3.8) is 0 Å². The number of aromatic nitrogens is 1. The number of alkyl halides is 3. The van der Waals surface area contributed by atoms with Crippen molar-refractivity contribution < 1.29 is 27.9 Å². The van der Waals surface area contributed by atoms with Crippen molar-refractivity contribution in [1.29, 1.82) is 0 Å². The van der Waals surface area contributed by atoms with E-state index in [4.69, 9.17) is 46.3 Å². The molecule has 1 fully saturated rings. The van der Waals surface area contributed by atoms with Gasteiger partial charge in [0.2, 0.25) is 5.91 Å². The third-order valence-electron chi connectivity index (χ3n) is 7.41. The van der Waals surface area contributed by atoms with E-state index in [1.54, 1.807) is 29.2 Å². The van der Waals surface area contributed by atoms with Crippen LogP contribution in [0.2, 0.25) is 15.1 Å². The van der Waals surface area contributed by atoms with Gasteiger partial charge in [-0.05, 0) is 87.1 Å². The Kier molecular flexibility index (Phi) is 12.6. The number of rotatable bonds is 9. The lowest BCUT2D eigenvalue weighted by Gasteiger charge is -2.37. The van der Waals surface area contributed by atoms with Gasteiger partial charge in [0, 0.05) is 53.1 Å². The standard InChI is InChI=1S/C27H29Cl3N4O3.C4H7F3/c28-17-4-7-19(8-5-17)34-23(3-1-2-14-35)21(16-24(34)20-9-6-18(29)15-22(20)30)25(36)33-12-10-27(32,11-13-33)26(31)37;1-2-3-4(5,6)7/h4-9,15-16,35H,1-3,10-14,32H2,(H2,31,37);2-3H2,1H3. The van der Waals surface area contributed by atoms with E-state index in [1.165, 1.54) is 6.92 Å². The number of hydrogen-bond acceptors (Lipinski definition) is 4. The van der Waals surface area contributed by atoms with Crippen molar-refractivity contribution in [1.82, 2.24) is 9.47 Å². The zero-order chi connectivity index (χ0) is 32.7. The number of piperidine rings is 1. The highest BCUT2D eigenvalue weighted by molar-refractivity contribution is 6.36. The van der Waals surface area contributed by atoms with Crippen molar-refractivity contribution >= 4 is 46.6 Å². The predicted molar refractivity (Wildman–Crippen MR) is 168 cm³/mol. The fourth-order valence-corrected chi connectivity index (χ4v) is 5.61. The van der Waals surface area contributed by atoms with Crippen LogP contribution in [0.5, 0.6) is 0 Å². The number of primary amides is 1. The van der Waals surface area contributed by atoms with Crippen LogP contribution in [0, 0.1) is 0 Å². The Morgan fingerprint density at radius 3 is 2.09 bits per heavy atom. The Balaban J connectivity index is 0.000000676. The van der Waals surface area contributed by atoms with Gasteiger partial charge in [-0.3, -0.25) is 9.59 Å². The molecule has 2 aromatic carbocycles. The minimum atomic E-state index is -3.95. The number of carbonyl (C=O) groups excluding carboxylic acids is 2. The highest BCUT2D eigenvalue weighted by Crippen LogP contribution is 2.37. The van der Waals surface area contributed by atoms with Gasteiger partial charge in [-0.25, -0.2) is 0 Å². The molecule has 2 heterocycles. The molecule has 0 bridgehead atoms. The van der Waals surface area contributed by atoms with Crippen molar-refractivity contribution in [3.8, 4) is 16.9 Å². The van der Waals surface area contributed by atoms with Crippen LogP contribution in [0.1, 0.15) is 61.5 Å². The topological polar surface area (TPSA) is 115 Å². The van der Waals surface area contributed by atoms with Crippen LogP contribution in [-0.2, 0) is 11.2 Å². The first-order chi connectivity index (χ1) is 20.7. The van der Waals surface area contributed by atoms with Gasteiger partial charge in [0.1, 0.15) is 0 Å². The molecule has 3 aromatic rings. The highest BCUT2D eigenvalue weighted by atomic mass is 35.5. The smallest absolute Gasteiger partial charge is 0.389 e. The molecule has 0 atom stereocenters. The van der Waals surface area contributed by atoms with Gasteiger partial charge in [-0.1, -0.05) is 41.7 Å². The largest absolute Gasteiger partial charge is 0.396 e. The van der Waals surface area contributed by atoms with Crippen molar-refractivity contribution in [2.45, 2.75) is 63.6 Å². The minimum Gasteiger partial charge on any atom is -0.396 e. The number of unbranched alkanes of at least 4 members (excludes halogenated alkanes) is 1. The van der Waals surface area contributed by atoms with Gasteiger partial charge in [0.05, 0.1) is 21.8 Å². The number of likely N-dealkylation sites (tertiary alicyclic amines) is 1. The average Bonchev–Trinajstić information content (AvgIpc) is 3.32. The molecular formula is C31H36Cl3F3N4O3. The number of hydrogen-bond donors (Lipinski definition) is 3. The van der Waals surface area contributed by atoms with Crippen LogP contribution >= 0.6 is 34.8 Å². The first-order valence-corrected chi connectivity index (χ1v) is 15.4. The number of aliphatic hydroxyl groups is 1. The maximum Gasteiger partial charge on any atom is 0.389 e. The van der Waals surface area contributed by atoms with Crippen LogP contribution in [0.4, 0.5) is 13.2 Å². The fourth-order valence-electron chi connectivity index (χ4n) is 4.98. The zero-order valence-corrected chi connectivity index (χ0v) is 26.5. The number of aliphatic hydroxyl groups excluding tert-OH is 1. The number of carbonyl (C=O) groups is 2. The molecule has 5 N–H and O–H groups in total. The van der Waals surface area contributed by atoms with E-state index in [0.29, 0.717) is 65.8 Å². The highest BCUT2D eigenvalue weighted by Gasteiger charge is 2.38. The van der Waals surface area contributed by atoms with Crippen molar-refractivity contribution in [2.75, 3.05) is 19.7 Å². The number of amides is 2. The van der Waals surface area contributed by atoms with E-state index in [1.807, 2.05) is 28.8 Å². The van der Waals surface area contributed by atoms with Crippen LogP contribution in [0.3, 0.4) is 0 Å². The maximum atomic E-state index is 13.9. The quantitative estimate of drug-likeness (QED) is 0.208. The second-order valence-electron chi connectivity index (χ2n) is 10.7. The lowest BCUT2D eigenvalue weighted by molar-refractivity contribution is -0.134. The summed E-state index contributed by atoms with van der Waals surface area (Å²) >= 11 is 19.0. The maximum absolute atomic E-state index is 13.9. The summed E-state index contributed by atoms with van der Waals surface area (Å²) in [5, 5.41) is 11.0. The SMILES string of the molecule is CCCC(F)(F)F.NC(=O)C1(N)CCN(C(=O)c2cc(-c3ccc(Cl)cc3Cl)n(-c3ccc(Cl)cc3)c2CCCCO)CC1. The van der Waals surface area contributed by atoms with Crippen molar-refractivity contribution in [2.24, 2.45) is 11.5 Å². The number of benzene rings is 2. The number of halogens is 6. The normalized spacial score (nSPS) is 14.6. The van der Waals surface area contributed by atoms with E-state index in [-0.39, 0.29) is 18.9 Å². The third-order valence-corrected chi connectivity index (χ3v) is 8.21. The molecule has 0 saturated carbocycles. The molecule has 1 aliphatic heterocycles. The van der Waals surface area contributed by atoms with Crippen molar-refractivity contribution in [3.05, 3.63) is 74.9 Å². The first-order valence-electron chi connectivity index (χ1n) is 14.2. The summed E-state index contributed by atoms with van der Waals surface area (Å²) < 4.78 is 35.2. The summed E-state index contributed by atoms with van der Waals surface area (Å²) in [6, 6.07) is 14.4. The molecule has 0 spiro atoms. The molecule has 0 aliphatic carbocycles. The van der Waals surface area contributed by atoms with E-state index in [9.17, 15) is 27.9 Å². The second kappa shape index (κ2) is 15.5. The molecule has 1 saturated heterocycles. The Hall–Kier alpha value is -2.76. The van der Waals surface area contributed by atoms with E-state index >= 15 is 0 Å². The molecule has 0 radical (unpaired) electrons. The Morgan fingerprint density at radius 1 is 0.977 bits per heavy atom. The van der Waals surface area contributed by atoms with Crippen LogP contribution < -0.4 is 11.5 Å². The molecule has 7 nitrogen and oxygen atoms in total. The molecule has 240 valence electrons. The molecule has 1 aromatic heterocycles. The molecule has 0 unspecified atom stereocenters. The molecular weight excluding hydrogens is 640 g/mol. The Labute approximate surface area is 269 Å². The summed E-state index contributed by atoms with van der Waals surface area (Å²) in [5.41, 5.74) is 14.1. The molecule has 2 amide bonds. The molecule has 1 aliphatic rings. The summed E-state index contributed by atoms with van der Waals surface area (Å²) in [5.74, 6) is -0.720. The summed E-state index contributed by atoms with van der Waals surface area (Å²) in [4.78, 5) is 27.4. The van der Waals surface area contributed by atoms with Gasteiger partial charge in [-0.15, -0.1) is 0 Å². The Bertz CT molecular complexity index is 1440. The molecule has 13 heteroatoms. The number of nitrogens with zero attached hydrogens (tertiary/aromatic N) is 2. The minimum absolute atomic E-state index is 0.0542.